The molecule has 41 heavy (non-hydrogen) atoms. The van der Waals surface area contributed by atoms with E-state index >= 15 is 0 Å². The Morgan fingerprint density at radius 1 is 0.683 bits per heavy atom. The number of hydrogen-bond donors (Lipinski definition) is 2. The maximum absolute atomic E-state index is 5.02. The highest BCUT2D eigenvalue weighted by Gasteiger charge is 2.19. The molecule has 0 bridgehead atoms. The van der Waals surface area contributed by atoms with Crippen LogP contribution in [0.25, 0.3) is 56.1 Å². The first-order valence-electron chi connectivity index (χ1n) is 14.1. The van der Waals surface area contributed by atoms with Crippen molar-refractivity contribution >= 4 is 22.1 Å². The molecular formula is C34H27N7. The molecule has 0 saturated carbocycles. The summed E-state index contributed by atoms with van der Waals surface area (Å²) in [7, 11) is 0. The number of imidazole rings is 1. The summed E-state index contributed by atoms with van der Waals surface area (Å²) in [6.07, 6.45) is 11.0. The fourth-order valence-corrected chi connectivity index (χ4v) is 5.90. The topological polar surface area (TPSA) is 96.0 Å². The van der Waals surface area contributed by atoms with E-state index in [1.807, 2.05) is 42.9 Å². The van der Waals surface area contributed by atoms with Crippen molar-refractivity contribution in [3.63, 3.8) is 0 Å². The summed E-state index contributed by atoms with van der Waals surface area (Å²) in [5, 5.41) is 7.74. The Morgan fingerprint density at radius 3 is 2.51 bits per heavy atom. The largest absolute Gasteiger partial charge is 0.336 e. The van der Waals surface area contributed by atoms with Crippen molar-refractivity contribution in [1.82, 2.24) is 35.1 Å². The molecule has 7 heteroatoms. The highest BCUT2D eigenvalue weighted by atomic mass is 15.2. The van der Waals surface area contributed by atoms with Gasteiger partial charge in [0.25, 0.3) is 0 Å². The summed E-state index contributed by atoms with van der Waals surface area (Å²) in [6, 6.07) is 25.4. The molecule has 2 N–H and O–H groups in total. The van der Waals surface area contributed by atoms with E-state index in [1.54, 1.807) is 0 Å². The lowest BCUT2D eigenvalue weighted by molar-refractivity contribution is 0.912. The average molecular weight is 534 g/mol. The Kier molecular flexibility index (Phi) is 5.65. The number of benzene rings is 2. The smallest absolute Gasteiger partial charge is 0.161 e. The molecule has 1 aliphatic rings. The molecule has 5 heterocycles. The number of rotatable bonds is 6. The van der Waals surface area contributed by atoms with Crippen molar-refractivity contribution in [2.45, 2.75) is 32.1 Å². The maximum atomic E-state index is 5.02. The van der Waals surface area contributed by atoms with Crippen LogP contribution in [0.1, 0.15) is 28.7 Å². The Morgan fingerprint density at radius 2 is 1.56 bits per heavy atom. The first-order valence-corrected chi connectivity index (χ1v) is 14.1. The van der Waals surface area contributed by atoms with E-state index in [-0.39, 0.29) is 0 Å². The lowest BCUT2D eigenvalue weighted by atomic mass is 10.0. The molecule has 0 aliphatic heterocycles. The van der Waals surface area contributed by atoms with Crippen molar-refractivity contribution in [1.29, 1.82) is 0 Å². The van der Waals surface area contributed by atoms with Gasteiger partial charge in [-0.05, 0) is 84.7 Å². The van der Waals surface area contributed by atoms with Gasteiger partial charge in [0, 0.05) is 29.7 Å². The molecule has 5 aromatic heterocycles. The standard InChI is InChI=1S/C34H27N7/c1-2-5-21(6-3-1)9-10-22-17-26(20-35-19-22)27-13-14-29-32(37-27)33(41-40-29)34-38-28-15-16-36-30(31(28)39-34)25-12-11-23-7-4-8-24(23)18-25/h1-3,5-6,11-20H,4,7-10H2,(H,38,39)(H,40,41). The van der Waals surface area contributed by atoms with E-state index in [4.69, 9.17) is 15.0 Å². The minimum Gasteiger partial charge on any atom is -0.336 e. The third-order valence-electron chi connectivity index (χ3n) is 8.04. The van der Waals surface area contributed by atoms with Gasteiger partial charge in [-0.1, -0.05) is 42.5 Å². The summed E-state index contributed by atoms with van der Waals surface area (Å²) in [4.78, 5) is 22.7. The SMILES string of the molecule is c1ccc(CCc2cncc(-c3ccc4[nH]nc(-c5nc6c(-c7ccc8c(c7)CCC8)nccc6[nH]5)c4n3)c2)cc1. The van der Waals surface area contributed by atoms with Gasteiger partial charge in [-0.15, -0.1) is 0 Å². The molecule has 8 rings (SSSR count). The summed E-state index contributed by atoms with van der Waals surface area (Å²) in [5.74, 6) is 0.668. The first kappa shape index (κ1) is 23.7. The van der Waals surface area contributed by atoms with Crippen LogP contribution in [0.4, 0.5) is 0 Å². The van der Waals surface area contributed by atoms with Crippen LogP contribution >= 0.6 is 0 Å². The van der Waals surface area contributed by atoms with E-state index in [9.17, 15) is 0 Å². The molecule has 2 aromatic carbocycles. The van der Waals surface area contributed by atoms with Crippen molar-refractivity contribution in [2.24, 2.45) is 0 Å². The van der Waals surface area contributed by atoms with Gasteiger partial charge in [0.1, 0.15) is 11.0 Å². The zero-order valence-electron chi connectivity index (χ0n) is 22.4. The van der Waals surface area contributed by atoms with Crippen molar-refractivity contribution in [2.75, 3.05) is 0 Å². The zero-order chi connectivity index (χ0) is 27.2. The minimum absolute atomic E-state index is 0.668. The molecule has 0 spiro atoms. The number of H-pyrrole nitrogens is 2. The van der Waals surface area contributed by atoms with Crippen LogP contribution in [0.5, 0.6) is 0 Å². The lowest BCUT2D eigenvalue weighted by Crippen LogP contribution is -1.94. The molecule has 198 valence electrons. The number of nitrogens with zero attached hydrogens (tertiary/aromatic N) is 5. The van der Waals surface area contributed by atoms with Gasteiger partial charge < -0.3 is 4.98 Å². The second-order valence-corrected chi connectivity index (χ2v) is 10.7. The summed E-state index contributed by atoms with van der Waals surface area (Å²) in [5.41, 5.74) is 13.3. The number of nitrogens with one attached hydrogen (secondary N) is 2. The van der Waals surface area contributed by atoms with Crippen LogP contribution in [0.3, 0.4) is 0 Å². The van der Waals surface area contributed by atoms with Gasteiger partial charge in [0.15, 0.2) is 11.5 Å². The van der Waals surface area contributed by atoms with Gasteiger partial charge in [-0.25, -0.2) is 9.97 Å². The number of aryl methyl sites for hydroxylation is 4. The second-order valence-electron chi connectivity index (χ2n) is 10.7. The molecule has 0 unspecified atom stereocenters. The highest BCUT2D eigenvalue weighted by Crippen LogP contribution is 2.33. The number of pyridine rings is 3. The van der Waals surface area contributed by atoms with Crippen molar-refractivity contribution in [3.8, 4) is 34.0 Å². The molecular weight excluding hydrogens is 506 g/mol. The third-order valence-corrected chi connectivity index (χ3v) is 8.04. The Hall–Kier alpha value is -5.17. The van der Waals surface area contributed by atoms with Crippen LogP contribution in [0.15, 0.2) is 91.4 Å². The van der Waals surface area contributed by atoms with Crippen molar-refractivity contribution in [3.05, 3.63) is 114 Å². The van der Waals surface area contributed by atoms with E-state index < -0.39 is 0 Å². The average Bonchev–Trinajstić information content (AvgIpc) is 3.78. The van der Waals surface area contributed by atoms with Crippen LogP contribution in [-0.4, -0.2) is 35.1 Å². The fraction of sp³-hybridized carbons (Fsp3) is 0.147. The zero-order valence-corrected chi connectivity index (χ0v) is 22.4. The minimum atomic E-state index is 0.668. The quantitative estimate of drug-likeness (QED) is 0.242. The Bertz CT molecular complexity index is 2040. The Balaban J connectivity index is 1.14. The summed E-state index contributed by atoms with van der Waals surface area (Å²) < 4.78 is 0. The van der Waals surface area contributed by atoms with E-state index in [2.05, 4.69) is 68.7 Å². The Labute approximate surface area is 236 Å². The van der Waals surface area contributed by atoms with E-state index in [0.29, 0.717) is 11.5 Å². The molecule has 0 saturated heterocycles. The first-order chi connectivity index (χ1) is 20.3. The molecule has 0 amide bonds. The van der Waals surface area contributed by atoms with Crippen LogP contribution in [-0.2, 0) is 25.7 Å². The number of aromatic nitrogens is 7. The van der Waals surface area contributed by atoms with Crippen molar-refractivity contribution < 1.29 is 0 Å². The number of fused-ring (bicyclic) bond motifs is 3. The third kappa shape index (κ3) is 4.36. The lowest BCUT2D eigenvalue weighted by Gasteiger charge is -2.05. The molecule has 0 fully saturated rings. The molecule has 0 radical (unpaired) electrons. The normalized spacial score (nSPS) is 12.8. The van der Waals surface area contributed by atoms with Gasteiger partial charge in [0.2, 0.25) is 0 Å². The van der Waals surface area contributed by atoms with Crippen LogP contribution in [0, 0.1) is 0 Å². The van der Waals surface area contributed by atoms with E-state index in [1.165, 1.54) is 28.7 Å². The molecule has 0 atom stereocenters. The predicted octanol–water partition coefficient (Wildman–Crippen LogP) is 6.90. The van der Waals surface area contributed by atoms with Gasteiger partial charge >= 0.3 is 0 Å². The fourth-order valence-electron chi connectivity index (χ4n) is 5.90. The maximum Gasteiger partial charge on any atom is 0.161 e. The van der Waals surface area contributed by atoms with Crippen LogP contribution < -0.4 is 0 Å². The highest BCUT2D eigenvalue weighted by molar-refractivity contribution is 5.95. The monoisotopic (exact) mass is 533 g/mol. The number of hydrogen-bond acceptors (Lipinski definition) is 5. The number of aromatic amines is 2. The van der Waals surface area contributed by atoms with E-state index in [0.717, 1.165) is 70.3 Å². The van der Waals surface area contributed by atoms with Gasteiger partial charge in [-0.2, -0.15) is 5.10 Å². The molecule has 1 aliphatic carbocycles. The summed E-state index contributed by atoms with van der Waals surface area (Å²) in [6.45, 7) is 0. The van der Waals surface area contributed by atoms with Gasteiger partial charge in [-0.3, -0.25) is 15.1 Å². The second kappa shape index (κ2) is 9.78. The summed E-state index contributed by atoms with van der Waals surface area (Å²) >= 11 is 0. The van der Waals surface area contributed by atoms with Gasteiger partial charge in [0.05, 0.1) is 22.4 Å². The van der Waals surface area contributed by atoms with Crippen LogP contribution in [0.2, 0.25) is 0 Å². The predicted molar refractivity (Wildman–Crippen MR) is 161 cm³/mol. The molecule has 7 aromatic rings. The molecule has 7 nitrogen and oxygen atoms in total.